The fourth-order valence-corrected chi connectivity index (χ4v) is 2.57. The Labute approximate surface area is 149 Å². The van der Waals surface area contributed by atoms with Gasteiger partial charge in [-0.2, -0.15) is 5.26 Å². The van der Waals surface area contributed by atoms with Gasteiger partial charge in [0, 0.05) is 34.7 Å². The second-order valence-corrected chi connectivity index (χ2v) is 5.69. The summed E-state index contributed by atoms with van der Waals surface area (Å²) in [5.74, 6) is 0. The van der Waals surface area contributed by atoms with Crippen LogP contribution in [0.1, 0.15) is 11.3 Å². The first-order chi connectivity index (χ1) is 12.1. The molecule has 0 spiro atoms. The molecule has 0 N–H and O–H groups in total. The van der Waals surface area contributed by atoms with Gasteiger partial charge in [-0.25, -0.2) is 0 Å². The number of allylic oxidation sites excluding steroid dienone is 1. The van der Waals surface area contributed by atoms with Crippen molar-refractivity contribution in [2.24, 2.45) is 0 Å². The number of benzene rings is 2. The van der Waals surface area contributed by atoms with Crippen LogP contribution in [0.25, 0.3) is 17.3 Å². The summed E-state index contributed by atoms with van der Waals surface area (Å²) >= 11 is 5.92. The van der Waals surface area contributed by atoms with Crippen LogP contribution in [-0.4, -0.2) is 9.49 Å². The highest BCUT2D eigenvalue weighted by molar-refractivity contribution is 6.30. The summed E-state index contributed by atoms with van der Waals surface area (Å²) in [6.07, 6.45) is 3.63. The first kappa shape index (κ1) is 16.5. The molecule has 0 aliphatic rings. The maximum atomic E-state index is 10.7. The van der Waals surface area contributed by atoms with Gasteiger partial charge in [0.15, 0.2) is 0 Å². The standard InChI is InChI=1S/C19H12ClN3O2/c20-16-5-9-17(10-6-16)22-11-1-2-19(22)12-15(13-21)14-3-7-18(8-4-14)23(24)25/h1-12H/b15-12-. The first-order valence-corrected chi connectivity index (χ1v) is 7.76. The molecule has 0 unspecified atom stereocenters. The molecule has 0 radical (unpaired) electrons. The number of hydrogen-bond acceptors (Lipinski definition) is 3. The molecule has 3 rings (SSSR count). The molecular weight excluding hydrogens is 338 g/mol. The number of non-ortho nitro benzene ring substituents is 1. The van der Waals surface area contributed by atoms with E-state index in [0.717, 1.165) is 11.4 Å². The van der Waals surface area contributed by atoms with Gasteiger partial charge in [-0.15, -0.1) is 0 Å². The molecule has 0 amide bonds. The number of halogens is 1. The second-order valence-electron chi connectivity index (χ2n) is 5.25. The monoisotopic (exact) mass is 349 g/mol. The predicted molar refractivity (Wildman–Crippen MR) is 97.4 cm³/mol. The second kappa shape index (κ2) is 7.04. The van der Waals surface area contributed by atoms with Crippen molar-refractivity contribution in [3.8, 4) is 11.8 Å². The molecule has 0 saturated carbocycles. The predicted octanol–water partition coefficient (Wildman–Crippen LogP) is 5.10. The van der Waals surface area contributed by atoms with Crippen LogP contribution in [0.3, 0.4) is 0 Å². The summed E-state index contributed by atoms with van der Waals surface area (Å²) in [5.41, 5.74) is 2.77. The van der Waals surface area contributed by atoms with Gasteiger partial charge in [0.05, 0.1) is 16.6 Å². The minimum absolute atomic E-state index is 0.00872. The summed E-state index contributed by atoms with van der Waals surface area (Å²) in [6, 6.07) is 19.2. The largest absolute Gasteiger partial charge is 0.317 e. The van der Waals surface area contributed by atoms with Gasteiger partial charge in [-0.05, 0) is 60.2 Å². The Kier molecular flexibility index (Phi) is 4.64. The summed E-state index contributed by atoms with van der Waals surface area (Å²) in [7, 11) is 0. The number of nitro benzene ring substituents is 1. The normalized spacial score (nSPS) is 11.1. The molecule has 0 bridgehead atoms. The van der Waals surface area contributed by atoms with Crippen molar-refractivity contribution in [3.63, 3.8) is 0 Å². The van der Waals surface area contributed by atoms with Gasteiger partial charge in [-0.1, -0.05) is 11.6 Å². The number of nitro groups is 1. The third kappa shape index (κ3) is 3.60. The van der Waals surface area contributed by atoms with E-state index >= 15 is 0 Å². The van der Waals surface area contributed by atoms with Crippen LogP contribution in [0.5, 0.6) is 0 Å². The Balaban J connectivity index is 1.99. The molecule has 25 heavy (non-hydrogen) atoms. The molecule has 0 aliphatic heterocycles. The van der Waals surface area contributed by atoms with Gasteiger partial charge in [0.1, 0.15) is 0 Å². The number of nitrogens with zero attached hydrogens (tertiary/aromatic N) is 3. The van der Waals surface area contributed by atoms with Gasteiger partial charge in [0.25, 0.3) is 5.69 Å². The van der Waals surface area contributed by atoms with Crippen molar-refractivity contribution in [2.45, 2.75) is 0 Å². The van der Waals surface area contributed by atoms with Gasteiger partial charge in [-0.3, -0.25) is 10.1 Å². The highest BCUT2D eigenvalue weighted by atomic mass is 35.5. The smallest absolute Gasteiger partial charge is 0.269 e. The van der Waals surface area contributed by atoms with Crippen molar-refractivity contribution in [1.82, 2.24) is 4.57 Å². The lowest BCUT2D eigenvalue weighted by Crippen LogP contribution is -1.95. The van der Waals surface area contributed by atoms with E-state index in [0.29, 0.717) is 16.2 Å². The highest BCUT2D eigenvalue weighted by Gasteiger charge is 2.08. The maximum absolute atomic E-state index is 10.7. The molecule has 0 saturated heterocycles. The Morgan fingerprint density at radius 1 is 1.12 bits per heavy atom. The molecule has 0 fully saturated rings. The molecule has 5 nitrogen and oxygen atoms in total. The number of nitriles is 1. The Morgan fingerprint density at radius 2 is 1.80 bits per heavy atom. The van der Waals surface area contributed by atoms with Gasteiger partial charge < -0.3 is 4.57 Å². The van der Waals surface area contributed by atoms with E-state index in [9.17, 15) is 15.4 Å². The van der Waals surface area contributed by atoms with E-state index in [1.807, 2.05) is 35.0 Å². The average Bonchev–Trinajstić information content (AvgIpc) is 3.08. The fraction of sp³-hybridized carbons (Fsp3) is 0. The van der Waals surface area contributed by atoms with E-state index < -0.39 is 4.92 Å². The Hall–Kier alpha value is -3.36. The third-order valence-electron chi connectivity index (χ3n) is 3.69. The third-order valence-corrected chi connectivity index (χ3v) is 3.94. The topological polar surface area (TPSA) is 71.9 Å². The average molecular weight is 350 g/mol. The molecule has 122 valence electrons. The molecule has 0 aliphatic carbocycles. The maximum Gasteiger partial charge on any atom is 0.269 e. The Bertz CT molecular complexity index is 981. The summed E-state index contributed by atoms with van der Waals surface area (Å²) in [5, 5.41) is 20.9. The van der Waals surface area contributed by atoms with Crippen LogP contribution in [0.2, 0.25) is 5.02 Å². The van der Waals surface area contributed by atoms with Crippen molar-refractivity contribution < 1.29 is 4.92 Å². The minimum atomic E-state index is -0.467. The molecule has 2 aromatic carbocycles. The van der Waals surface area contributed by atoms with E-state index in [1.165, 1.54) is 12.1 Å². The molecular formula is C19H12ClN3O2. The zero-order valence-corrected chi connectivity index (χ0v) is 13.7. The van der Waals surface area contributed by atoms with Crippen molar-refractivity contribution in [2.75, 3.05) is 0 Å². The van der Waals surface area contributed by atoms with Gasteiger partial charge >= 0.3 is 0 Å². The summed E-state index contributed by atoms with van der Waals surface area (Å²) in [4.78, 5) is 10.3. The minimum Gasteiger partial charge on any atom is -0.317 e. The highest BCUT2D eigenvalue weighted by Crippen LogP contribution is 2.23. The van der Waals surface area contributed by atoms with Crippen LogP contribution in [0, 0.1) is 21.4 Å². The fourth-order valence-electron chi connectivity index (χ4n) is 2.44. The van der Waals surface area contributed by atoms with Crippen LogP contribution in [-0.2, 0) is 0 Å². The van der Waals surface area contributed by atoms with E-state index in [4.69, 9.17) is 11.6 Å². The molecule has 6 heteroatoms. The van der Waals surface area contributed by atoms with E-state index in [-0.39, 0.29) is 5.69 Å². The zero-order chi connectivity index (χ0) is 17.8. The van der Waals surface area contributed by atoms with Crippen LogP contribution in [0.4, 0.5) is 5.69 Å². The molecule has 1 heterocycles. The van der Waals surface area contributed by atoms with Crippen LogP contribution < -0.4 is 0 Å². The van der Waals surface area contributed by atoms with E-state index in [2.05, 4.69) is 6.07 Å². The molecule has 0 atom stereocenters. The zero-order valence-electron chi connectivity index (χ0n) is 13.0. The van der Waals surface area contributed by atoms with Crippen LogP contribution >= 0.6 is 11.6 Å². The number of rotatable bonds is 4. The SMILES string of the molecule is N#C/C(=C/c1cccn1-c1ccc(Cl)cc1)c1ccc([N+](=O)[O-])cc1. The van der Waals surface area contributed by atoms with Crippen molar-refractivity contribution >= 4 is 28.9 Å². The molecule has 3 aromatic rings. The Morgan fingerprint density at radius 3 is 2.40 bits per heavy atom. The van der Waals surface area contributed by atoms with Gasteiger partial charge in [0.2, 0.25) is 0 Å². The molecule has 1 aromatic heterocycles. The number of aromatic nitrogens is 1. The lowest BCUT2D eigenvalue weighted by atomic mass is 10.1. The lowest BCUT2D eigenvalue weighted by molar-refractivity contribution is -0.384. The summed E-state index contributed by atoms with van der Waals surface area (Å²) in [6.45, 7) is 0. The number of hydrogen-bond donors (Lipinski definition) is 0. The lowest BCUT2D eigenvalue weighted by Gasteiger charge is -2.07. The van der Waals surface area contributed by atoms with E-state index in [1.54, 1.807) is 30.3 Å². The van der Waals surface area contributed by atoms with Crippen molar-refractivity contribution in [3.05, 3.63) is 93.3 Å². The van der Waals surface area contributed by atoms with Crippen LogP contribution in [0.15, 0.2) is 66.9 Å². The summed E-state index contributed by atoms with van der Waals surface area (Å²) < 4.78 is 1.93. The quantitative estimate of drug-likeness (QED) is 0.373. The van der Waals surface area contributed by atoms with Crippen molar-refractivity contribution in [1.29, 1.82) is 5.26 Å². The first-order valence-electron chi connectivity index (χ1n) is 7.38.